The molecule has 0 bridgehead atoms. The Labute approximate surface area is 88.3 Å². The summed E-state index contributed by atoms with van der Waals surface area (Å²) in [6.07, 6.45) is 0. The molecule has 0 aromatic carbocycles. The van der Waals surface area contributed by atoms with Gasteiger partial charge in [0.25, 0.3) is 0 Å². The second kappa shape index (κ2) is 4.66. The van der Waals surface area contributed by atoms with Gasteiger partial charge in [0.1, 0.15) is 5.82 Å². The van der Waals surface area contributed by atoms with Gasteiger partial charge in [-0.2, -0.15) is 0 Å². The van der Waals surface area contributed by atoms with Crippen LogP contribution < -0.4 is 5.32 Å². The Hall–Kier alpha value is -0.740. The van der Waals surface area contributed by atoms with E-state index in [0.717, 1.165) is 30.5 Å². The average molecular weight is 210 g/mol. The smallest absolute Gasteiger partial charge is 0.125 e. The van der Waals surface area contributed by atoms with Crippen molar-refractivity contribution < 1.29 is 4.74 Å². The molecule has 0 spiro atoms. The molecule has 2 rings (SSSR count). The summed E-state index contributed by atoms with van der Waals surface area (Å²) in [5, 5.41) is 3.71. The molecule has 0 unspecified atom stereocenters. The molecule has 4 heteroatoms. The van der Waals surface area contributed by atoms with E-state index in [9.17, 15) is 0 Å². The van der Waals surface area contributed by atoms with E-state index in [4.69, 9.17) is 4.74 Å². The van der Waals surface area contributed by atoms with Gasteiger partial charge in [-0.25, -0.2) is 4.98 Å². The third-order valence-electron chi connectivity index (χ3n) is 2.14. The number of rotatable bonds is 4. The van der Waals surface area contributed by atoms with E-state index in [1.165, 1.54) is 0 Å². The topological polar surface area (TPSA) is 34.1 Å². The van der Waals surface area contributed by atoms with Crippen LogP contribution in [0.5, 0.6) is 0 Å². The van der Waals surface area contributed by atoms with Crippen LogP contribution in [0.2, 0.25) is 0 Å². The monoisotopic (exact) mass is 210 g/mol. The number of pyridine rings is 1. The normalized spacial score (nSPS) is 16.4. The quantitative estimate of drug-likeness (QED) is 0.821. The summed E-state index contributed by atoms with van der Waals surface area (Å²) in [6.45, 7) is 1.80. The molecular formula is C10H14N2OS. The lowest BCUT2D eigenvalue weighted by Crippen LogP contribution is -2.30. The molecule has 3 nitrogen and oxygen atoms in total. The van der Waals surface area contributed by atoms with Crippen molar-refractivity contribution in [1.29, 1.82) is 0 Å². The Balaban J connectivity index is 1.87. The minimum absolute atomic E-state index is 0.676. The highest BCUT2D eigenvalue weighted by Crippen LogP contribution is 2.22. The molecule has 0 aliphatic carbocycles. The van der Waals surface area contributed by atoms with Crippen molar-refractivity contribution in [2.45, 2.75) is 11.0 Å². The molecule has 14 heavy (non-hydrogen) atoms. The average Bonchev–Trinajstić information content (AvgIpc) is 2.16. The van der Waals surface area contributed by atoms with Gasteiger partial charge in [-0.1, -0.05) is 6.07 Å². The first-order valence-electron chi connectivity index (χ1n) is 4.71. The summed E-state index contributed by atoms with van der Waals surface area (Å²) in [5.41, 5.74) is 1.13. The van der Waals surface area contributed by atoms with Crippen LogP contribution in [0.25, 0.3) is 0 Å². The summed E-state index contributed by atoms with van der Waals surface area (Å²) in [6, 6.07) is 6.07. The molecule has 1 aromatic rings. The van der Waals surface area contributed by atoms with Crippen molar-refractivity contribution in [3.63, 3.8) is 0 Å². The number of anilines is 1. The lowest BCUT2D eigenvalue weighted by Gasteiger charge is -2.24. The van der Waals surface area contributed by atoms with E-state index in [2.05, 4.69) is 16.4 Å². The molecule has 1 aromatic heterocycles. The van der Waals surface area contributed by atoms with Crippen molar-refractivity contribution in [1.82, 2.24) is 4.98 Å². The van der Waals surface area contributed by atoms with Gasteiger partial charge in [0, 0.05) is 12.8 Å². The van der Waals surface area contributed by atoms with Crippen LogP contribution in [0.15, 0.2) is 18.2 Å². The highest BCUT2D eigenvalue weighted by molar-refractivity contribution is 7.99. The first kappa shape index (κ1) is 9.80. The summed E-state index contributed by atoms with van der Waals surface area (Å²) >= 11 is 1.92. The van der Waals surface area contributed by atoms with E-state index >= 15 is 0 Å². The molecule has 0 atom stereocenters. The van der Waals surface area contributed by atoms with E-state index in [0.29, 0.717) is 5.25 Å². The van der Waals surface area contributed by atoms with E-state index < -0.39 is 0 Å². The predicted octanol–water partition coefficient (Wildman–Crippen LogP) is 1.76. The molecule has 0 saturated carbocycles. The maximum Gasteiger partial charge on any atom is 0.125 e. The van der Waals surface area contributed by atoms with Crippen molar-refractivity contribution in [3.05, 3.63) is 23.9 Å². The minimum Gasteiger partial charge on any atom is -0.379 e. The molecule has 1 N–H and O–H groups in total. The van der Waals surface area contributed by atoms with Crippen molar-refractivity contribution in [2.75, 3.05) is 25.6 Å². The van der Waals surface area contributed by atoms with Crippen LogP contribution in [0.4, 0.5) is 5.82 Å². The zero-order chi connectivity index (χ0) is 9.80. The third-order valence-corrected chi connectivity index (χ3v) is 3.34. The van der Waals surface area contributed by atoms with Gasteiger partial charge in [0.2, 0.25) is 0 Å². The standard InChI is InChI=1S/C10H14N2OS/c1-11-10-4-2-3-8(12-10)7-14-9-5-13-6-9/h2-4,9H,5-7H2,1H3,(H,11,12). The van der Waals surface area contributed by atoms with Crippen LogP contribution in [0.1, 0.15) is 5.69 Å². The van der Waals surface area contributed by atoms with Gasteiger partial charge < -0.3 is 10.1 Å². The molecule has 0 radical (unpaired) electrons. The zero-order valence-electron chi connectivity index (χ0n) is 8.19. The lowest BCUT2D eigenvalue weighted by molar-refractivity contribution is 0.0455. The first-order valence-corrected chi connectivity index (χ1v) is 5.76. The molecule has 1 aliphatic rings. The number of hydrogen-bond donors (Lipinski definition) is 1. The van der Waals surface area contributed by atoms with Gasteiger partial charge >= 0.3 is 0 Å². The zero-order valence-corrected chi connectivity index (χ0v) is 9.01. The van der Waals surface area contributed by atoms with Crippen LogP contribution >= 0.6 is 11.8 Å². The van der Waals surface area contributed by atoms with Gasteiger partial charge in [-0.15, -0.1) is 11.8 Å². The highest BCUT2D eigenvalue weighted by atomic mass is 32.2. The lowest BCUT2D eigenvalue weighted by atomic mass is 10.4. The van der Waals surface area contributed by atoms with Crippen LogP contribution in [-0.2, 0) is 10.5 Å². The van der Waals surface area contributed by atoms with E-state index in [1.54, 1.807) is 0 Å². The van der Waals surface area contributed by atoms with Crippen LogP contribution in [0, 0.1) is 0 Å². The largest absolute Gasteiger partial charge is 0.379 e. The Bertz CT molecular complexity index is 302. The fourth-order valence-corrected chi connectivity index (χ4v) is 2.16. The fourth-order valence-electron chi connectivity index (χ4n) is 1.21. The number of nitrogens with zero attached hydrogens (tertiary/aromatic N) is 1. The minimum atomic E-state index is 0.676. The van der Waals surface area contributed by atoms with Gasteiger partial charge in [0.05, 0.1) is 24.2 Å². The Morgan fingerprint density at radius 1 is 1.57 bits per heavy atom. The number of nitrogens with one attached hydrogen (secondary N) is 1. The van der Waals surface area contributed by atoms with Gasteiger partial charge in [-0.05, 0) is 12.1 Å². The van der Waals surface area contributed by atoms with Crippen LogP contribution in [0.3, 0.4) is 0 Å². The molecule has 1 saturated heterocycles. The van der Waals surface area contributed by atoms with Crippen molar-refractivity contribution in [2.24, 2.45) is 0 Å². The van der Waals surface area contributed by atoms with Gasteiger partial charge in [-0.3, -0.25) is 0 Å². The SMILES string of the molecule is CNc1cccc(CSC2COC2)n1. The summed E-state index contributed by atoms with van der Waals surface area (Å²) < 4.78 is 5.11. The van der Waals surface area contributed by atoms with Gasteiger partial charge in [0.15, 0.2) is 0 Å². The maximum absolute atomic E-state index is 5.11. The molecule has 1 aliphatic heterocycles. The first-order chi connectivity index (χ1) is 6.88. The molecule has 0 amide bonds. The third kappa shape index (κ3) is 2.39. The highest BCUT2D eigenvalue weighted by Gasteiger charge is 2.18. The second-order valence-corrected chi connectivity index (χ2v) is 4.52. The molecule has 1 fully saturated rings. The fraction of sp³-hybridized carbons (Fsp3) is 0.500. The molecular weight excluding hydrogens is 196 g/mol. The maximum atomic E-state index is 5.11. The number of thioether (sulfide) groups is 1. The summed E-state index contributed by atoms with van der Waals surface area (Å²) in [7, 11) is 1.89. The number of aromatic nitrogens is 1. The van der Waals surface area contributed by atoms with E-state index in [-0.39, 0.29) is 0 Å². The molecule has 76 valence electrons. The Morgan fingerprint density at radius 2 is 2.43 bits per heavy atom. The summed E-state index contributed by atoms with van der Waals surface area (Å²) in [4.78, 5) is 4.45. The van der Waals surface area contributed by atoms with Crippen molar-refractivity contribution in [3.8, 4) is 0 Å². The number of hydrogen-bond acceptors (Lipinski definition) is 4. The Kier molecular flexibility index (Phi) is 3.26. The van der Waals surface area contributed by atoms with Crippen LogP contribution in [-0.4, -0.2) is 30.5 Å². The second-order valence-electron chi connectivity index (χ2n) is 3.23. The summed E-state index contributed by atoms with van der Waals surface area (Å²) in [5.74, 6) is 1.91. The van der Waals surface area contributed by atoms with Crippen molar-refractivity contribution >= 4 is 17.6 Å². The number of ether oxygens (including phenoxy) is 1. The predicted molar refractivity (Wildman–Crippen MR) is 59.7 cm³/mol. The Morgan fingerprint density at radius 3 is 3.07 bits per heavy atom. The molecule has 2 heterocycles. The van der Waals surface area contributed by atoms with E-state index in [1.807, 2.05) is 30.9 Å².